The highest BCUT2D eigenvalue weighted by Gasteiger charge is 2.42. The summed E-state index contributed by atoms with van der Waals surface area (Å²) in [6, 6.07) is 20.2. The summed E-state index contributed by atoms with van der Waals surface area (Å²) in [4.78, 5) is 76.3. The molecule has 2 aromatic heterocycles. The van der Waals surface area contributed by atoms with E-state index < -0.39 is 24.3 Å². The van der Waals surface area contributed by atoms with Crippen molar-refractivity contribution in [2.24, 2.45) is 22.7 Å². The Morgan fingerprint density at radius 1 is 0.742 bits per heavy atom. The molecule has 3 aromatic carbocycles. The average Bonchev–Trinajstić information content (AvgIpc) is 4.16. The number of nitrogens with zero attached hydrogens (tertiary/aromatic N) is 5. The van der Waals surface area contributed by atoms with Crippen LogP contribution in [0.1, 0.15) is 126 Å². The molecule has 3 N–H and O–H groups in total. The van der Waals surface area contributed by atoms with E-state index in [1.165, 1.54) is 30.9 Å². The van der Waals surface area contributed by atoms with Gasteiger partial charge in [-0.05, 0) is 110 Å². The normalized spacial score (nSPS) is 22.9. The topological polar surface area (TPSA) is 171 Å². The van der Waals surface area contributed by atoms with Crippen LogP contribution in [-0.4, -0.2) is 88.3 Å². The van der Waals surface area contributed by atoms with Crippen LogP contribution >= 0.6 is 11.3 Å². The Bertz CT molecular complexity index is 2620. The third kappa shape index (κ3) is 8.90. The van der Waals surface area contributed by atoms with Gasteiger partial charge < -0.3 is 34.9 Å². The fourth-order valence-electron chi connectivity index (χ4n) is 11.0. The maximum absolute atomic E-state index is 14.1. The Morgan fingerprint density at radius 2 is 1.44 bits per heavy atom. The smallest absolute Gasteiger partial charge is 0.407 e. The van der Waals surface area contributed by atoms with Crippen LogP contribution in [0.5, 0.6) is 0 Å². The lowest BCUT2D eigenvalue weighted by molar-refractivity contribution is -0.134. The molecule has 2 saturated heterocycles. The number of methoxy groups -OCH3 is 2. The van der Waals surface area contributed by atoms with E-state index in [1.807, 2.05) is 38.7 Å². The van der Waals surface area contributed by atoms with Crippen LogP contribution in [0.3, 0.4) is 0 Å². The fourth-order valence-corrected chi connectivity index (χ4v) is 12.1. The number of hydrogen-bond acceptors (Lipinski definition) is 11. The van der Waals surface area contributed by atoms with Crippen molar-refractivity contribution in [3.63, 3.8) is 0 Å². The van der Waals surface area contributed by atoms with Crippen molar-refractivity contribution in [2.75, 3.05) is 25.7 Å². The Kier molecular flexibility index (Phi) is 13.2. The number of para-hydroxylation sites is 1. The Balaban J connectivity index is 1.01. The van der Waals surface area contributed by atoms with Crippen LogP contribution in [-0.2, 0) is 25.5 Å². The minimum atomic E-state index is -0.679. The average molecular weight is 915 g/mol. The molecule has 66 heavy (non-hydrogen) atoms. The van der Waals surface area contributed by atoms with Crippen molar-refractivity contribution in [3.8, 4) is 0 Å². The van der Waals surface area contributed by atoms with E-state index in [-0.39, 0.29) is 53.5 Å². The third-order valence-electron chi connectivity index (χ3n) is 14.4. The highest BCUT2D eigenvalue weighted by Crippen LogP contribution is 2.50. The Labute approximate surface area is 390 Å². The van der Waals surface area contributed by atoms with E-state index in [1.54, 1.807) is 11.3 Å². The summed E-state index contributed by atoms with van der Waals surface area (Å²) in [5.41, 5.74) is 8.32. The van der Waals surface area contributed by atoms with Crippen LogP contribution < -0.4 is 15.5 Å². The number of aliphatic imine (C=N–C) groups is 1. The molecule has 7 atom stereocenters. The van der Waals surface area contributed by atoms with E-state index in [2.05, 4.69) is 75.1 Å². The van der Waals surface area contributed by atoms with E-state index in [9.17, 15) is 19.2 Å². The van der Waals surface area contributed by atoms with E-state index in [4.69, 9.17) is 24.4 Å². The molecule has 0 bridgehead atoms. The first-order valence-corrected chi connectivity index (χ1v) is 24.6. The van der Waals surface area contributed by atoms with Gasteiger partial charge in [0.25, 0.3) is 0 Å². The highest BCUT2D eigenvalue weighted by molar-refractivity contribution is 7.22. The third-order valence-corrected chi connectivity index (χ3v) is 15.5. The van der Waals surface area contributed by atoms with Gasteiger partial charge in [0.05, 0.1) is 65.3 Å². The predicted octanol–water partition coefficient (Wildman–Crippen LogP) is 9.87. The van der Waals surface area contributed by atoms with Crippen molar-refractivity contribution in [1.29, 1.82) is 0 Å². The molecular weight excluding hydrogens is 853 g/mol. The van der Waals surface area contributed by atoms with Gasteiger partial charge in [-0.2, -0.15) is 0 Å². The minimum absolute atomic E-state index is 0.0348. The second-order valence-corrected chi connectivity index (χ2v) is 20.2. The summed E-state index contributed by atoms with van der Waals surface area (Å²) in [5, 5.41) is 6.55. The molecule has 5 aromatic rings. The van der Waals surface area contributed by atoms with E-state index in [0.29, 0.717) is 6.54 Å². The number of alkyl carbamates (subject to hydrolysis) is 2. The quantitative estimate of drug-likeness (QED) is 0.110. The number of ether oxygens (including phenoxy) is 2. The second-order valence-electron chi connectivity index (χ2n) is 19.2. The summed E-state index contributed by atoms with van der Waals surface area (Å²) >= 11 is 1.72. The molecule has 15 heteroatoms. The highest BCUT2D eigenvalue weighted by atomic mass is 32.1. The number of rotatable bonds is 12. The number of imidazole rings is 1. The van der Waals surface area contributed by atoms with Crippen LogP contribution in [0.4, 0.5) is 20.4 Å². The summed E-state index contributed by atoms with van der Waals surface area (Å²) < 4.78 is 10.9. The van der Waals surface area contributed by atoms with Gasteiger partial charge in [0.15, 0.2) is 10.9 Å². The Morgan fingerprint density at radius 3 is 2.17 bits per heavy atom. The molecule has 3 aliphatic heterocycles. The molecule has 1 saturated carbocycles. The predicted molar refractivity (Wildman–Crippen MR) is 258 cm³/mol. The van der Waals surface area contributed by atoms with Gasteiger partial charge in [0, 0.05) is 24.1 Å². The molecule has 1 aliphatic carbocycles. The maximum Gasteiger partial charge on any atom is 0.407 e. The van der Waals surface area contributed by atoms with Gasteiger partial charge in [0.1, 0.15) is 11.9 Å². The molecule has 3 fully saturated rings. The van der Waals surface area contributed by atoms with Crippen molar-refractivity contribution in [2.45, 2.75) is 128 Å². The number of hydrogen-bond donors (Lipinski definition) is 3. The van der Waals surface area contributed by atoms with Gasteiger partial charge in [-0.25, -0.2) is 19.6 Å². The Hall–Kier alpha value is -5.83. The number of aromatic nitrogens is 3. The SMILES string of the molecule is COC(=O)N[C@H](C(=O)C1CCCC[C@H]1c1nc2ccc([C@H]3CC[C@H](c4ccc5c(c4)N=C([C@@H]4CCCN4C(=O)[C@@H](NC(=O)OC)C(C)C)CC5)N3c3nc4ccccc4s3)cc2[nH]1)C(C)C. The molecular formula is C51H62N8O6S. The van der Waals surface area contributed by atoms with Gasteiger partial charge in [0.2, 0.25) is 5.91 Å². The number of anilines is 1. The first-order valence-electron chi connectivity index (χ1n) is 23.8. The van der Waals surface area contributed by atoms with Crippen molar-refractivity contribution in [3.05, 3.63) is 83.2 Å². The molecule has 9 rings (SSSR count). The number of ketones is 1. The first-order chi connectivity index (χ1) is 31.9. The zero-order valence-electron chi connectivity index (χ0n) is 38.8. The number of fused-ring (bicyclic) bond motifs is 3. The maximum atomic E-state index is 14.1. The number of benzene rings is 3. The zero-order chi connectivity index (χ0) is 46.2. The molecule has 0 spiro atoms. The fraction of sp³-hybridized carbons (Fsp3) is 0.510. The lowest BCUT2D eigenvalue weighted by Gasteiger charge is -2.33. The molecule has 3 amide bonds. The van der Waals surface area contributed by atoms with Crippen LogP contribution in [0.15, 0.2) is 65.7 Å². The number of Topliss-reactive ketones (excluding diaryl/α,β-unsaturated/α-hetero) is 1. The number of carbonyl (C=O) groups is 4. The summed E-state index contributed by atoms with van der Waals surface area (Å²) in [6.45, 7) is 8.41. The van der Waals surface area contributed by atoms with Gasteiger partial charge in [-0.3, -0.25) is 14.6 Å². The monoisotopic (exact) mass is 914 g/mol. The molecule has 5 heterocycles. The summed E-state index contributed by atoms with van der Waals surface area (Å²) in [7, 11) is 2.64. The van der Waals surface area contributed by atoms with Crippen LogP contribution in [0, 0.1) is 17.8 Å². The van der Waals surface area contributed by atoms with Crippen molar-refractivity contribution >= 4 is 73.0 Å². The number of likely N-dealkylation sites (tertiary alicyclic amines) is 1. The lowest BCUT2D eigenvalue weighted by Crippen LogP contribution is -2.53. The number of aryl methyl sites for hydroxylation is 1. The number of H-pyrrole nitrogens is 1. The van der Waals surface area contributed by atoms with Gasteiger partial charge >= 0.3 is 12.2 Å². The number of nitrogens with one attached hydrogen (secondary N) is 3. The van der Waals surface area contributed by atoms with E-state index >= 15 is 0 Å². The second kappa shape index (κ2) is 19.2. The molecule has 1 unspecified atom stereocenters. The van der Waals surface area contributed by atoms with Gasteiger partial charge in [-0.15, -0.1) is 0 Å². The minimum Gasteiger partial charge on any atom is -0.453 e. The van der Waals surface area contributed by atoms with Gasteiger partial charge in [-0.1, -0.05) is 82.2 Å². The molecule has 14 nitrogen and oxygen atoms in total. The molecule has 4 aliphatic rings. The first kappa shape index (κ1) is 45.3. The standard InChI is InChI=1S/C51H62N8O6S/c1-28(2)44(56-50(62)64-5)46(60)33-12-7-8-13-34(33)47-53-35-21-20-32(27-39(35)54-47)41-24-23-40(59(41)49-55-37-14-9-10-16-43(37)66-49)31-18-17-30-19-22-36(52-38(30)26-31)42-15-11-25-58(42)48(61)45(29(3)4)57-51(63)65-6/h9-10,14,16-18,20-21,26-29,33-34,40-42,44-45H,7-8,11-13,15,19,22-25H2,1-6H3,(H,53,54)(H,56,62)(H,57,63)/t33?,34-,40-,41-,42+,44+,45+/m1/s1. The number of aromatic amines is 1. The zero-order valence-corrected chi connectivity index (χ0v) is 39.7. The van der Waals surface area contributed by atoms with Crippen LogP contribution in [0.25, 0.3) is 21.3 Å². The lowest BCUT2D eigenvalue weighted by atomic mass is 9.73. The summed E-state index contributed by atoms with van der Waals surface area (Å²) in [5.74, 6) is 0.237. The molecule has 0 radical (unpaired) electrons. The van der Waals surface area contributed by atoms with Crippen molar-refractivity contribution < 1.29 is 28.7 Å². The van der Waals surface area contributed by atoms with Crippen molar-refractivity contribution in [1.82, 2.24) is 30.5 Å². The number of amides is 3. The van der Waals surface area contributed by atoms with E-state index in [0.717, 1.165) is 108 Å². The number of carbonyl (C=O) groups excluding carboxylic acids is 4. The molecule has 348 valence electrons. The number of thiazole rings is 1. The largest absolute Gasteiger partial charge is 0.453 e. The van der Waals surface area contributed by atoms with Crippen LogP contribution in [0.2, 0.25) is 0 Å². The summed E-state index contributed by atoms with van der Waals surface area (Å²) in [6.07, 6.45) is 7.54.